The summed E-state index contributed by atoms with van der Waals surface area (Å²) in [5, 5.41) is 4.96. The average Bonchev–Trinajstić information content (AvgIpc) is 3.33. The first-order valence-corrected chi connectivity index (χ1v) is 15.4. The van der Waals surface area contributed by atoms with E-state index in [1.165, 1.54) is 37.0 Å². The van der Waals surface area contributed by atoms with Crippen LogP contribution in [-0.2, 0) is 14.4 Å². The SMILES string of the molecule is COc1cccc(C=C(NC(=O)c2ccccc2)C(=O)Nc2cccc(SC3CC(=O)N(c4ccc(C)c(C)c4)C3=O)c2)c1OC. The van der Waals surface area contributed by atoms with Crippen LogP contribution in [0.5, 0.6) is 11.5 Å². The third-order valence-electron chi connectivity index (χ3n) is 7.49. The minimum absolute atomic E-state index is 0.0286. The number of thioether (sulfide) groups is 1. The van der Waals surface area contributed by atoms with Crippen LogP contribution in [0, 0.1) is 13.8 Å². The second-order valence-electron chi connectivity index (χ2n) is 10.6. The summed E-state index contributed by atoms with van der Waals surface area (Å²) >= 11 is 1.26. The van der Waals surface area contributed by atoms with Gasteiger partial charge in [-0.1, -0.05) is 42.5 Å². The van der Waals surface area contributed by atoms with Crippen molar-refractivity contribution in [2.45, 2.75) is 30.4 Å². The highest BCUT2D eigenvalue weighted by Gasteiger charge is 2.40. The molecule has 0 saturated carbocycles. The third-order valence-corrected chi connectivity index (χ3v) is 8.67. The van der Waals surface area contributed by atoms with E-state index < -0.39 is 17.1 Å². The Morgan fingerprint density at radius 1 is 0.870 bits per heavy atom. The molecule has 1 saturated heterocycles. The van der Waals surface area contributed by atoms with Crippen molar-refractivity contribution in [2.24, 2.45) is 0 Å². The summed E-state index contributed by atoms with van der Waals surface area (Å²) in [7, 11) is 3.00. The van der Waals surface area contributed by atoms with E-state index >= 15 is 0 Å². The standard InChI is InChI=1S/C36H33N3O6S/c1-22-16-17-27(18-23(22)2)39-32(40)21-31(36(39)43)46-28-14-9-13-26(20-28)37-35(42)29(38-34(41)24-10-6-5-7-11-24)19-25-12-8-15-30(44-3)33(25)45-4/h5-20,31H,21H2,1-4H3,(H,37,42)(H,38,41). The van der Waals surface area contributed by atoms with E-state index in [0.29, 0.717) is 38.9 Å². The number of nitrogens with zero attached hydrogens (tertiary/aromatic N) is 1. The van der Waals surface area contributed by atoms with Gasteiger partial charge in [0.2, 0.25) is 11.8 Å². The fourth-order valence-electron chi connectivity index (χ4n) is 4.97. The molecule has 1 unspecified atom stereocenters. The zero-order chi connectivity index (χ0) is 32.8. The van der Waals surface area contributed by atoms with Gasteiger partial charge in [-0.05, 0) is 79.6 Å². The first-order chi connectivity index (χ1) is 22.2. The van der Waals surface area contributed by atoms with Crippen molar-refractivity contribution in [2.75, 3.05) is 24.4 Å². The lowest BCUT2D eigenvalue weighted by atomic mass is 10.1. The van der Waals surface area contributed by atoms with Crippen LogP contribution >= 0.6 is 11.8 Å². The zero-order valence-corrected chi connectivity index (χ0v) is 26.6. The fraction of sp³-hybridized carbons (Fsp3) is 0.167. The number of amides is 4. The molecule has 4 aromatic carbocycles. The highest BCUT2D eigenvalue weighted by molar-refractivity contribution is 8.00. The molecule has 0 bridgehead atoms. The number of nitrogens with one attached hydrogen (secondary N) is 2. The predicted octanol–water partition coefficient (Wildman–Crippen LogP) is 6.15. The molecule has 5 rings (SSSR count). The van der Waals surface area contributed by atoms with Crippen molar-refractivity contribution >= 4 is 52.8 Å². The Kier molecular flexibility index (Phi) is 9.88. The van der Waals surface area contributed by atoms with Crippen molar-refractivity contribution in [3.63, 3.8) is 0 Å². The molecule has 0 spiro atoms. The maximum atomic E-state index is 13.7. The van der Waals surface area contributed by atoms with Gasteiger partial charge in [0.1, 0.15) is 5.70 Å². The molecule has 46 heavy (non-hydrogen) atoms. The highest BCUT2D eigenvalue weighted by Crippen LogP contribution is 2.36. The molecule has 1 aliphatic rings. The lowest BCUT2D eigenvalue weighted by Crippen LogP contribution is -2.31. The van der Waals surface area contributed by atoms with Gasteiger partial charge in [0.05, 0.1) is 25.2 Å². The molecule has 0 radical (unpaired) electrons. The van der Waals surface area contributed by atoms with E-state index in [1.807, 2.05) is 32.0 Å². The molecule has 4 amide bonds. The Bertz CT molecular complexity index is 1840. The van der Waals surface area contributed by atoms with Gasteiger partial charge < -0.3 is 20.1 Å². The van der Waals surface area contributed by atoms with E-state index in [0.717, 1.165) is 11.1 Å². The van der Waals surface area contributed by atoms with E-state index in [-0.39, 0.29) is 23.9 Å². The van der Waals surface area contributed by atoms with Crippen molar-refractivity contribution < 1.29 is 28.7 Å². The largest absolute Gasteiger partial charge is 0.493 e. The summed E-state index contributed by atoms with van der Waals surface area (Å²) < 4.78 is 10.9. The number of anilines is 2. The Labute approximate surface area is 271 Å². The van der Waals surface area contributed by atoms with Crippen molar-refractivity contribution in [3.8, 4) is 11.5 Å². The van der Waals surface area contributed by atoms with Crippen LogP contribution in [0.4, 0.5) is 11.4 Å². The van der Waals surface area contributed by atoms with E-state index in [2.05, 4.69) is 10.6 Å². The van der Waals surface area contributed by atoms with Gasteiger partial charge in [-0.3, -0.25) is 19.2 Å². The number of rotatable bonds is 10. The normalized spacial score (nSPS) is 14.7. The van der Waals surface area contributed by atoms with Crippen LogP contribution in [0.2, 0.25) is 0 Å². The molecule has 9 nitrogen and oxygen atoms in total. The van der Waals surface area contributed by atoms with Gasteiger partial charge in [-0.25, -0.2) is 4.90 Å². The lowest BCUT2D eigenvalue weighted by Gasteiger charge is -2.16. The number of carbonyl (C=O) groups excluding carboxylic acids is 4. The van der Waals surface area contributed by atoms with Gasteiger partial charge in [-0.15, -0.1) is 11.8 Å². The van der Waals surface area contributed by atoms with Gasteiger partial charge in [0.25, 0.3) is 11.8 Å². The number of para-hydroxylation sites is 1. The number of methoxy groups -OCH3 is 2. The first-order valence-electron chi connectivity index (χ1n) is 14.5. The number of benzene rings is 4. The topological polar surface area (TPSA) is 114 Å². The summed E-state index contributed by atoms with van der Waals surface area (Å²) in [6, 6.07) is 26.3. The molecule has 1 heterocycles. The van der Waals surface area contributed by atoms with Crippen molar-refractivity contribution in [1.29, 1.82) is 0 Å². The predicted molar refractivity (Wildman–Crippen MR) is 179 cm³/mol. The molecular weight excluding hydrogens is 602 g/mol. The molecular formula is C36H33N3O6S. The second kappa shape index (κ2) is 14.2. The maximum Gasteiger partial charge on any atom is 0.272 e. The summed E-state index contributed by atoms with van der Waals surface area (Å²) in [6.45, 7) is 3.92. The fourth-order valence-corrected chi connectivity index (χ4v) is 6.08. The highest BCUT2D eigenvalue weighted by atomic mass is 32.2. The van der Waals surface area contributed by atoms with E-state index in [4.69, 9.17) is 9.47 Å². The first kappa shape index (κ1) is 32.1. The minimum atomic E-state index is -0.610. The van der Waals surface area contributed by atoms with E-state index in [9.17, 15) is 19.2 Å². The van der Waals surface area contributed by atoms with Crippen LogP contribution in [0.15, 0.2) is 102 Å². The number of hydrogen-bond donors (Lipinski definition) is 2. The molecule has 234 valence electrons. The van der Waals surface area contributed by atoms with Gasteiger partial charge in [0, 0.05) is 28.1 Å². The van der Waals surface area contributed by atoms with Gasteiger partial charge in [0.15, 0.2) is 11.5 Å². The molecule has 2 N–H and O–H groups in total. The number of imide groups is 1. The van der Waals surface area contributed by atoms with Gasteiger partial charge in [-0.2, -0.15) is 0 Å². The van der Waals surface area contributed by atoms with Crippen molar-refractivity contribution in [3.05, 3.63) is 119 Å². The van der Waals surface area contributed by atoms with Crippen LogP contribution < -0.4 is 25.0 Å². The third kappa shape index (κ3) is 7.13. The molecule has 10 heteroatoms. The van der Waals surface area contributed by atoms with E-state index in [1.54, 1.807) is 72.8 Å². The average molecular weight is 636 g/mol. The van der Waals surface area contributed by atoms with Crippen LogP contribution in [-0.4, -0.2) is 43.1 Å². The molecule has 4 aromatic rings. The van der Waals surface area contributed by atoms with Crippen LogP contribution in [0.3, 0.4) is 0 Å². The molecule has 0 aromatic heterocycles. The number of hydrogen-bond acceptors (Lipinski definition) is 7. The number of ether oxygens (including phenoxy) is 2. The summed E-state index contributed by atoms with van der Waals surface area (Å²) in [4.78, 5) is 54.9. The molecule has 1 aliphatic heterocycles. The Hall–Kier alpha value is -5.35. The van der Waals surface area contributed by atoms with Crippen molar-refractivity contribution in [1.82, 2.24) is 5.32 Å². The molecule has 0 aliphatic carbocycles. The van der Waals surface area contributed by atoms with Gasteiger partial charge >= 0.3 is 0 Å². The Morgan fingerprint density at radius 3 is 2.35 bits per heavy atom. The second-order valence-corrected chi connectivity index (χ2v) is 11.9. The lowest BCUT2D eigenvalue weighted by molar-refractivity contribution is -0.121. The summed E-state index contributed by atoms with van der Waals surface area (Å²) in [5.41, 5.74) is 3.94. The van der Waals surface area contributed by atoms with Crippen LogP contribution in [0.1, 0.15) is 33.5 Å². The molecule has 1 fully saturated rings. The zero-order valence-electron chi connectivity index (χ0n) is 25.8. The molecule has 1 atom stereocenters. The minimum Gasteiger partial charge on any atom is -0.493 e. The maximum absolute atomic E-state index is 13.7. The van der Waals surface area contributed by atoms with Crippen LogP contribution in [0.25, 0.3) is 6.08 Å². The monoisotopic (exact) mass is 635 g/mol. The number of carbonyl (C=O) groups is 4. The number of aryl methyl sites for hydroxylation is 2. The smallest absolute Gasteiger partial charge is 0.272 e. The quantitative estimate of drug-likeness (QED) is 0.159. The summed E-state index contributed by atoms with van der Waals surface area (Å²) in [6.07, 6.45) is 1.58. The Balaban J connectivity index is 1.37. The summed E-state index contributed by atoms with van der Waals surface area (Å²) in [5.74, 6) is -0.726. The Morgan fingerprint density at radius 2 is 1.63 bits per heavy atom.